The first kappa shape index (κ1) is 10.1. The molecule has 1 aliphatic heterocycles. The Kier molecular flexibility index (Phi) is 2.94. The first-order valence-electron chi connectivity index (χ1n) is 4.60. The van der Waals surface area contributed by atoms with Gasteiger partial charge >= 0.3 is 0 Å². The SMILES string of the molecule is C#CC(C)NC(=O)C1(C)CCCN1. The number of nitrogens with one attached hydrogen (secondary N) is 2. The number of hydrogen-bond acceptors (Lipinski definition) is 2. The molecule has 0 aromatic carbocycles. The molecule has 0 spiro atoms. The minimum Gasteiger partial charge on any atom is -0.341 e. The van der Waals surface area contributed by atoms with Gasteiger partial charge in [0.15, 0.2) is 0 Å². The van der Waals surface area contributed by atoms with Crippen molar-refractivity contribution in [2.75, 3.05) is 6.54 Å². The summed E-state index contributed by atoms with van der Waals surface area (Å²) < 4.78 is 0. The topological polar surface area (TPSA) is 41.1 Å². The van der Waals surface area contributed by atoms with E-state index in [4.69, 9.17) is 6.42 Å². The largest absolute Gasteiger partial charge is 0.341 e. The second-order valence-corrected chi connectivity index (χ2v) is 3.72. The number of carbonyl (C=O) groups excluding carboxylic acids is 1. The van der Waals surface area contributed by atoms with Crippen LogP contribution in [0.5, 0.6) is 0 Å². The molecule has 0 aromatic rings. The number of hydrogen-bond donors (Lipinski definition) is 2. The molecule has 0 radical (unpaired) electrons. The zero-order chi connectivity index (χ0) is 9.90. The Morgan fingerprint density at radius 2 is 2.46 bits per heavy atom. The molecule has 0 aliphatic carbocycles. The molecule has 3 nitrogen and oxygen atoms in total. The number of rotatable bonds is 2. The summed E-state index contributed by atoms with van der Waals surface area (Å²) in [5, 5.41) is 5.96. The molecule has 1 heterocycles. The van der Waals surface area contributed by atoms with Crippen LogP contribution in [0.25, 0.3) is 0 Å². The van der Waals surface area contributed by atoms with E-state index >= 15 is 0 Å². The number of terminal acetylenes is 1. The molecule has 1 amide bonds. The van der Waals surface area contributed by atoms with Gasteiger partial charge in [0.1, 0.15) is 0 Å². The van der Waals surface area contributed by atoms with Gasteiger partial charge in [0.25, 0.3) is 0 Å². The summed E-state index contributed by atoms with van der Waals surface area (Å²) in [5.41, 5.74) is -0.412. The van der Waals surface area contributed by atoms with Gasteiger partial charge in [-0.1, -0.05) is 5.92 Å². The molecular formula is C10H16N2O. The second-order valence-electron chi connectivity index (χ2n) is 3.72. The molecule has 2 unspecified atom stereocenters. The van der Waals surface area contributed by atoms with Gasteiger partial charge in [-0.2, -0.15) is 0 Å². The van der Waals surface area contributed by atoms with Crippen LogP contribution in [-0.4, -0.2) is 24.0 Å². The fraction of sp³-hybridized carbons (Fsp3) is 0.700. The molecule has 1 aliphatic rings. The van der Waals surface area contributed by atoms with Crippen LogP contribution < -0.4 is 10.6 Å². The van der Waals surface area contributed by atoms with Gasteiger partial charge in [-0.25, -0.2) is 0 Å². The predicted octanol–water partition coefficient (Wildman–Crippen LogP) is 0.266. The summed E-state index contributed by atoms with van der Waals surface area (Å²) in [6.07, 6.45) is 7.11. The molecule has 3 heteroatoms. The van der Waals surface area contributed by atoms with Crippen molar-refractivity contribution in [3.8, 4) is 12.3 Å². The molecule has 1 fully saturated rings. The van der Waals surface area contributed by atoms with Crippen molar-refractivity contribution in [3.05, 3.63) is 0 Å². The van der Waals surface area contributed by atoms with Crippen LogP contribution >= 0.6 is 0 Å². The van der Waals surface area contributed by atoms with Crippen LogP contribution in [0, 0.1) is 12.3 Å². The molecule has 13 heavy (non-hydrogen) atoms. The van der Waals surface area contributed by atoms with E-state index in [0.29, 0.717) is 0 Å². The quantitative estimate of drug-likeness (QED) is 0.599. The highest BCUT2D eigenvalue weighted by Crippen LogP contribution is 2.18. The molecule has 0 bridgehead atoms. The fourth-order valence-corrected chi connectivity index (χ4v) is 1.49. The fourth-order valence-electron chi connectivity index (χ4n) is 1.49. The molecule has 2 N–H and O–H groups in total. The van der Waals surface area contributed by atoms with Crippen LogP contribution in [0.15, 0.2) is 0 Å². The van der Waals surface area contributed by atoms with Gasteiger partial charge in [-0.3, -0.25) is 4.79 Å². The van der Waals surface area contributed by atoms with E-state index in [1.165, 1.54) is 0 Å². The van der Waals surface area contributed by atoms with Gasteiger partial charge < -0.3 is 10.6 Å². The second kappa shape index (κ2) is 3.80. The number of carbonyl (C=O) groups is 1. The van der Waals surface area contributed by atoms with Crippen LogP contribution in [0.1, 0.15) is 26.7 Å². The Morgan fingerprint density at radius 3 is 2.92 bits per heavy atom. The zero-order valence-electron chi connectivity index (χ0n) is 8.18. The minimum atomic E-state index is -0.412. The Labute approximate surface area is 79.3 Å². The highest BCUT2D eigenvalue weighted by Gasteiger charge is 2.35. The average Bonchev–Trinajstić information content (AvgIpc) is 2.53. The Hall–Kier alpha value is -1.01. The molecule has 0 saturated carbocycles. The van der Waals surface area contributed by atoms with Gasteiger partial charge in [0.2, 0.25) is 5.91 Å². The summed E-state index contributed by atoms with van der Waals surface area (Å²) in [6.45, 7) is 4.63. The van der Waals surface area contributed by atoms with Crippen LogP contribution in [0.4, 0.5) is 0 Å². The van der Waals surface area contributed by atoms with Crippen molar-refractivity contribution in [3.63, 3.8) is 0 Å². The van der Waals surface area contributed by atoms with Crippen molar-refractivity contribution in [2.45, 2.75) is 38.3 Å². The first-order valence-corrected chi connectivity index (χ1v) is 4.60. The van der Waals surface area contributed by atoms with E-state index in [1.807, 2.05) is 6.92 Å². The maximum atomic E-state index is 11.7. The van der Waals surface area contributed by atoms with E-state index in [-0.39, 0.29) is 11.9 Å². The average molecular weight is 180 g/mol. The molecule has 2 atom stereocenters. The third-order valence-corrected chi connectivity index (χ3v) is 2.47. The highest BCUT2D eigenvalue weighted by molar-refractivity contribution is 5.86. The third kappa shape index (κ3) is 2.22. The van der Waals surface area contributed by atoms with Crippen LogP contribution in [0.3, 0.4) is 0 Å². The van der Waals surface area contributed by atoms with Gasteiger partial charge in [0, 0.05) is 0 Å². The summed E-state index contributed by atoms with van der Waals surface area (Å²) in [6, 6.07) is -0.188. The summed E-state index contributed by atoms with van der Waals surface area (Å²) in [7, 11) is 0. The van der Waals surface area contributed by atoms with Crippen molar-refractivity contribution >= 4 is 5.91 Å². The highest BCUT2D eigenvalue weighted by atomic mass is 16.2. The standard InChI is InChI=1S/C10H16N2O/c1-4-8(2)12-9(13)10(3)6-5-7-11-10/h1,8,11H,5-7H2,2-3H3,(H,12,13). The van der Waals surface area contributed by atoms with Crippen LogP contribution in [-0.2, 0) is 4.79 Å². The molecule has 0 aromatic heterocycles. The Morgan fingerprint density at radius 1 is 1.77 bits per heavy atom. The summed E-state index contributed by atoms with van der Waals surface area (Å²) in [4.78, 5) is 11.7. The Balaban J connectivity index is 2.52. The van der Waals surface area contributed by atoms with Crippen LogP contribution in [0.2, 0.25) is 0 Å². The van der Waals surface area contributed by atoms with E-state index in [0.717, 1.165) is 19.4 Å². The zero-order valence-corrected chi connectivity index (χ0v) is 8.18. The number of amides is 1. The third-order valence-electron chi connectivity index (χ3n) is 2.47. The molecule has 1 saturated heterocycles. The van der Waals surface area contributed by atoms with Crippen molar-refractivity contribution < 1.29 is 4.79 Å². The van der Waals surface area contributed by atoms with E-state index in [9.17, 15) is 4.79 Å². The minimum absolute atomic E-state index is 0.00968. The van der Waals surface area contributed by atoms with Gasteiger partial charge in [-0.15, -0.1) is 6.42 Å². The lowest BCUT2D eigenvalue weighted by molar-refractivity contribution is -0.126. The van der Waals surface area contributed by atoms with Crippen molar-refractivity contribution in [1.82, 2.24) is 10.6 Å². The monoisotopic (exact) mass is 180 g/mol. The van der Waals surface area contributed by atoms with E-state index in [2.05, 4.69) is 16.6 Å². The first-order chi connectivity index (χ1) is 6.08. The molecule has 1 rings (SSSR count). The molecule has 72 valence electrons. The van der Waals surface area contributed by atoms with Crippen molar-refractivity contribution in [2.24, 2.45) is 0 Å². The Bertz CT molecular complexity index is 236. The van der Waals surface area contributed by atoms with E-state index < -0.39 is 5.54 Å². The van der Waals surface area contributed by atoms with E-state index in [1.54, 1.807) is 6.92 Å². The lowest BCUT2D eigenvalue weighted by Gasteiger charge is -2.24. The smallest absolute Gasteiger partial charge is 0.240 e. The van der Waals surface area contributed by atoms with Gasteiger partial charge in [0.05, 0.1) is 11.6 Å². The maximum absolute atomic E-state index is 11.7. The van der Waals surface area contributed by atoms with Crippen molar-refractivity contribution in [1.29, 1.82) is 0 Å². The lowest BCUT2D eigenvalue weighted by atomic mass is 9.99. The maximum Gasteiger partial charge on any atom is 0.240 e. The van der Waals surface area contributed by atoms with Gasteiger partial charge in [-0.05, 0) is 33.2 Å². The summed E-state index contributed by atoms with van der Waals surface area (Å²) >= 11 is 0. The normalized spacial score (nSPS) is 29.3. The lowest BCUT2D eigenvalue weighted by Crippen LogP contribution is -2.53. The molecular weight excluding hydrogens is 164 g/mol. The summed E-state index contributed by atoms with van der Waals surface area (Å²) in [5.74, 6) is 2.49. The predicted molar refractivity (Wildman–Crippen MR) is 52.1 cm³/mol.